The van der Waals surface area contributed by atoms with Crippen LogP contribution in [-0.4, -0.2) is 17.9 Å². The third-order valence-corrected chi connectivity index (χ3v) is 3.90. The first-order valence-electron chi connectivity index (χ1n) is 8.71. The van der Waals surface area contributed by atoms with Crippen LogP contribution in [0.3, 0.4) is 0 Å². The van der Waals surface area contributed by atoms with Gasteiger partial charge >= 0.3 is 6.18 Å². The van der Waals surface area contributed by atoms with Gasteiger partial charge in [0.25, 0.3) is 5.91 Å². The molecule has 0 unspecified atom stereocenters. The minimum atomic E-state index is -4.53. The molecule has 0 aliphatic heterocycles. The third kappa shape index (κ3) is 7.40. The lowest BCUT2D eigenvalue weighted by Gasteiger charge is -2.15. The SMILES string of the molecule is CC(C)C[C@H](N)C(=O)Nc1cccc(NC(=O)c2cccc(C(F)(F)F)c2)c1.Cl. The molecule has 0 bridgehead atoms. The van der Waals surface area contributed by atoms with Crippen LogP contribution in [0.2, 0.25) is 0 Å². The Morgan fingerprint density at radius 2 is 1.59 bits per heavy atom. The molecule has 158 valence electrons. The minimum Gasteiger partial charge on any atom is -0.325 e. The molecule has 9 heteroatoms. The highest BCUT2D eigenvalue weighted by molar-refractivity contribution is 6.05. The van der Waals surface area contributed by atoms with Crippen molar-refractivity contribution in [1.82, 2.24) is 0 Å². The number of rotatable bonds is 6. The number of benzene rings is 2. The first kappa shape index (κ1) is 24.5. The summed E-state index contributed by atoms with van der Waals surface area (Å²) in [6.45, 7) is 3.91. The fourth-order valence-electron chi connectivity index (χ4n) is 2.56. The summed E-state index contributed by atoms with van der Waals surface area (Å²) in [4.78, 5) is 24.4. The molecular formula is C20H23ClF3N3O2. The largest absolute Gasteiger partial charge is 0.416 e. The molecule has 0 saturated carbocycles. The molecule has 1 atom stereocenters. The molecule has 0 aliphatic rings. The molecule has 0 saturated heterocycles. The van der Waals surface area contributed by atoms with E-state index in [1.54, 1.807) is 18.2 Å². The van der Waals surface area contributed by atoms with E-state index in [-0.39, 0.29) is 29.8 Å². The Morgan fingerprint density at radius 1 is 1.00 bits per heavy atom. The highest BCUT2D eigenvalue weighted by Gasteiger charge is 2.30. The molecule has 0 heterocycles. The summed E-state index contributed by atoms with van der Waals surface area (Å²) in [5.74, 6) is -0.778. The van der Waals surface area contributed by atoms with Crippen LogP contribution in [0, 0.1) is 5.92 Å². The number of hydrogen-bond donors (Lipinski definition) is 3. The number of carbonyl (C=O) groups excluding carboxylic acids is 2. The number of carbonyl (C=O) groups is 2. The van der Waals surface area contributed by atoms with Crippen LogP contribution in [0.4, 0.5) is 24.5 Å². The zero-order chi connectivity index (χ0) is 20.9. The van der Waals surface area contributed by atoms with E-state index < -0.39 is 23.7 Å². The number of anilines is 2. The van der Waals surface area contributed by atoms with Crippen molar-refractivity contribution < 1.29 is 22.8 Å². The Bertz CT molecular complexity index is 857. The maximum absolute atomic E-state index is 12.8. The summed E-state index contributed by atoms with van der Waals surface area (Å²) in [6.07, 6.45) is -4.01. The van der Waals surface area contributed by atoms with Crippen LogP contribution in [-0.2, 0) is 11.0 Å². The van der Waals surface area contributed by atoms with E-state index in [9.17, 15) is 22.8 Å². The van der Waals surface area contributed by atoms with E-state index in [1.165, 1.54) is 18.2 Å². The lowest BCUT2D eigenvalue weighted by atomic mass is 10.0. The highest BCUT2D eigenvalue weighted by atomic mass is 35.5. The topological polar surface area (TPSA) is 84.2 Å². The molecule has 0 radical (unpaired) electrons. The lowest BCUT2D eigenvalue weighted by molar-refractivity contribution is -0.137. The van der Waals surface area contributed by atoms with Gasteiger partial charge in [-0.25, -0.2) is 0 Å². The first-order valence-corrected chi connectivity index (χ1v) is 8.71. The molecule has 2 aromatic rings. The van der Waals surface area contributed by atoms with Gasteiger partial charge in [0.15, 0.2) is 0 Å². The predicted octanol–water partition coefficient (Wildman–Crippen LogP) is 4.69. The second-order valence-electron chi connectivity index (χ2n) is 6.84. The lowest BCUT2D eigenvalue weighted by Crippen LogP contribution is -2.36. The summed E-state index contributed by atoms with van der Waals surface area (Å²) < 4.78 is 38.4. The van der Waals surface area contributed by atoms with Gasteiger partial charge < -0.3 is 16.4 Å². The van der Waals surface area contributed by atoms with Crippen LogP contribution in [0.5, 0.6) is 0 Å². The van der Waals surface area contributed by atoms with Crippen LogP contribution < -0.4 is 16.4 Å². The van der Waals surface area contributed by atoms with Gasteiger partial charge in [-0.05, 0) is 48.7 Å². The number of hydrogen-bond acceptors (Lipinski definition) is 3. The third-order valence-electron chi connectivity index (χ3n) is 3.90. The molecule has 2 amide bonds. The highest BCUT2D eigenvalue weighted by Crippen LogP contribution is 2.29. The number of halogens is 4. The Labute approximate surface area is 173 Å². The van der Waals surface area contributed by atoms with Gasteiger partial charge in [0, 0.05) is 16.9 Å². The van der Waals surface area contributed by atoms with E-state index >= 15 is 0 Å². The average molecular weight is 430 g/mol. The molecule has 0 fully saturated rings. The monoisotopic (exact) mass is 429 g/mol. The second-order valence-corrected chi connectivity index (χ2v) is 6.84. The molecule has 29 heavy (non-hydrogen) atoms. The molecule has 0 aliphatic carbocycles. The molecule has 4 N–H and O–H groups in total. The van der Waals surface area contributed by atoms with Crippen LogP contribution in [0.15, 0.2) is 48.5 Å². The summed E-state index contributed by atoms with van der Waals surface area (Å²) in [6, 6.07) is 9.78. The number of nitrogens with one attached hydrogen (secondary N) is 2. The van der Waals surface area contributed by atoms with Crippen molar-refractivity contribution in [2.45, 2.75) is 32.5 Å². The van der Waals surface area contributed by atoms with E-state index in [4.69, 9.17) is 5.73 Å². The van der Waals surface area contributed by atoms with Crippen molar-refractivity contribution in [3.05, 3.63) is 59.7 Å². The van der Waals surface area contributed by atoms with Crippen molar-refractivity contribution in [2.24, 2.45) is 11.7 Å². The van der Waals surface area contributed by atoms with Crippen molar-refractivity contribution in [3.63, 3.8) is 0 Å². The van der Waals surface area contributed by atoms with Gasteiger partial charge in [-0.3, -0.25) is 9.59 Å². The second kappa shape index (κ2) is 10.3. The van der Waals surface area contributed by atoms with Gasteiger partial charge in [0.1, 0.15) is 0 Å². The summed E-state index contributed by atoms with van der Waals surface area (Å²) in [5, 5.41) is 5.19. The van der Waals surface area contributed by atoms with Crippen molar-refractivity contribution in [1.29, 1.82) is 0 Å². The van der Waals surface area contributed by atoms with Crippen LogP contribution in [0.1, 0.15) is 36.2 Å². The van der Waals surface area contributed by atoms with Crippen molar-refractivity contribution >= 4 is 35.6 Å². The van der Waals surface area contributed by atoms with E-state index in [0.29, 0.717) is 17.8 Å². The quantitative estimate of drug-likeness (QED) is 0.622. The Morgan fingerprint density at radius 3 is 2.17 bits per heavy atom. The van der Waals surface area contributed by atoms with Gasteiger partial charge in [-0.2, -0.15) is 13.2 Å². The number of amides is 2. The Balaban J connectivity index is 0.00000420. The summed E-state index contributed by atoms with van der Waals surface area (Å²) in [5.41, 5.74) is 5.57. The molecule has 0 spiro atoms. The maximum Gasteiger partial charge on any atom is 0.416 e. The zero-order valence-corrected chi connectivity index (χ0v) is 16.7. The van der Waals surface area contributed by atoms with Crippen molar-refractivity contribution in [2.75, 3.05) is 10.6 Å². The van der Waals surface area contributed by atoms with Crippen LogP contribution in [0.25, 0.3) is 0 Å². The number of nitrogens with two attached hydrogens (primary N) is 1. The minimum absolute atomic E-state index is 0. The average Bonchev–Trinajstić information content (AvgIpc) is 2.60. The number of alkyl halides is 3. The molecule has 2 rings (SSSR count). The van der Waals surface area contributed by atoms with Crippen molar-refractivity contribution in [3.8, 4) is 0 Å². The zero-order valence-electron chi connectivity index (χ0n) is 15.9. The summed E-state index contributed by atoms with van der Waals surface area (Å²) >= 11 is 0. The van der Waals surface area contributed by atoms with E-state index in [2.05, 4.69) is 10.6 Å². The molecule has 5 nitrogen and oxygen atoms in total. The first-order chi connectivity index (χ1) is 13.1. The van der Waals surface area contributed by atoms with Gasteiger partial charge in [0.05, 0.1) is 11.6 Å². The van der Waals surface area contributed by atoms with E-state index in [0.717, 1.165) is 12.1 Å². The molecule has 0 aromatic heterocycles. The Kier molecular flexibility index (Phi) is 8.66. The standard InChI is InChI=1S/C20H22F3N3O2.ClH/c1-12(2)9-17(24)19(28)26-16-8-4-7-15(11-16)25-18(27)13-5-3-6-14(10-13)20(21,22)23;/h3-8,10-12,17H,9,24H2,1-2H3,(H,25,27)(H,26,28);1H/t17-;/m0./s1. The van der Waals surface area contributed by atoms with Gasteiger partial charge in [-0.15, -0.1) is 12.4 Å². The van der Waals surface area contributed by atoms with Gasteiger partial charge in [0.2, 0.25) is 5.91 Å². The normalized spacial score (nSPS) is 12.1. The predicted molar refractivity (Wildman–Crippen MR) is 109 cm³/mol. The van der Waals surface area contributed by atoms with Crippen LogP contribution >= 0.6 is 12.4 Å². The molecular weight excluding hydrogens is 407 g/mol. The Hall–Kier alpha value is -2.58. The smallest absolute Gasteiger partial charge is 0.325 e. The fourth-order valence-corrected chi connectivity index (χ4v) is 2.56. The van der Waals surface area contributed by atoms with E-state index in [1.807, 2.05) is 13.8 Å². The summed E-state index contributed by atoms with van der Waals surface area (Å²) in [7, 11) is 0. The fraction of sp³-hybridized carbons (Fsp3) is 0.300. The maximum atomic E-state index is 12.8. The van der Waals surface area contributed by atoms with Gasteiger partial charge in [-0.1, -0.05) is 26.0 Å². The molecule has 2 aromatic carbocycles.